The molecule has 9 nitrogen and oxygen atoms in total. The smallest absolute Gasteiger partial charge is 0.358 e. The predicted molar refractivity (Wildman–Crippen MR) is 111 cm³/mol. The van der Waals surface area contributed by atoms with Crippen molar-refractivity contribution in [3.8, 4) is 0 Å². The number of esters is 1. The van der Waals surface area contributed by atoms with Crippen LogP contribution in [0.4, 0.5) is 10.5 Å². The predicted octanol–water partition coefficient (Wildman–Crippen LogP) is 4.15. The van der Waals surface area contributed by atoms with E-state index in [0.29, 0.717) is 33.4 Å². The molecule has 3 N–H and O–H groups in total. The van der Waals surface area contributed by atoms with Crippen molar-refractivity contribution in [1.82, 2.24) is 25.1 Å². The van der Waals surface area contributed by atoms with Gasteiger partial charge in [-0.15, -0.1) is 0 Å². The molecule has 3 aromatic rings. The molecule has 0 fully saturated rings. The van der Waals surface area contributed by atoms with Crippen molar-refractivity contribution in [3.05, 3.63) is 39.9 Å². The minimum absolute atomic E-state index is 0.185. The number of halogens is 2. The van der Waals surface area contributed by atoms with Gasteiger partial charge in [0.2, 0.25) is 0 Å². The summed E-state index contributed by atoms with van der Waals surface area (Å²) in [4.78, 5) is 32.2. The first-order valence-electron chi connectivity index (χ1n) is 8.99. The Morgan fingerprint density at radius 3 is 2.69 bits per heavy atom. The molecular formula is C18H20Cl2N6O3. The minimum atomic E-state index is -0.554. The highest BCUT2D eigenvalue weighted by molar-refractivity contribution is 6.42. The zero-order valence-electron chi connectivity index (χ0n) is 16.0. The normalized spacial score (nSPS) is 12.0. The van der Waals surface area contributed by atoms with Gasteiger partial charge in [0.05, 0.1) is 45.6 Å². The molecule has 1 atom stereocenters. The number of H-pyrrole nitrogens is 1. The molecule has 0 aliphatic carbocycles. The monoisotopic (exact) mass is 438 g/mol. The molecule has 0 saturated heterocycles. The molecular weight excluding hydrogens is 419 g/mol. The number of ether oxygens (including phenoxy) is 1. The van der Waals surface area contributed by atoms with Gasteiger partial charge < -0.3 is 20.4 Å². The molecule has 3 rings (SSSR count). The summed E-state index contributed by atoms with van der Waals surface area (Å²) in [6, 6.07) is 2.35. The lowest BCUT2D eigenvalue weighted by molar-refractivity contribution is 0.0513. The number of rotatable bonds is 6. The van der Waals surface area contributed by atoms with E-state index in [1.54, 1.807) is 26.0 Å². The number of benzene rings is 1. The van der Waals surface area contributed by atoms with E-state index in [-0.39, 0.29) is 18.0 Å². The summed E-state index contributed by atoms with van der Waals surface area (Å²) < 4.78 is 6.51. The SMILES string of the molecule is CCOC(=O)c1c(NC(=O)NC(C)c2nc3cc(Cl)c(Cl)cc3[nH]2)cnn1CC. The Kier molecular flexibility index (Phi) is 6.29. The second kappa shape index (κ2) is 8.71. The van der Waals surface area contributed by atoms with E-state index in [0.717, 1.165) is 0 Å². The van der Waals surface area contributed by atoms with Crippen molar-refractivity contribution in [2.24, 2.45) is 0 Å². The molecule has 0 aliphatic rings. The number of aromatic amines is 1. The van der Waals surface area contributed by atoms with E-state index in [1.807, 2.05) is 6.92 Å². The molecule has 0 aliphatic heterocycles. The van der Waals surface area contributed by atoms with Gasteiger partial charge >= 0.3 is 12.0 Å². The molecule has 0 spiro atoms. The summed E-state index contributed by atoms with van der Waals surface area (Å²) in [5.41, 5.74) is 1.79. The third kappa shape index (κ3) is 4.46. The van der Waals surface area contributed by atoms with Crippen LogP contribution in [0.15, 0.2) is 18.3 Å². The number of fused-ring (bicyclic) bond motifs is 1. The number of hydrogen-bond acceptors (Lipinski definition) is 5. The number of urea groups is 1. The van der Waals surface area contributed by atoms with E-state index in [2.05, 4.69) is 25.7 Å². The van der Waals surface area contributed by atoms with Crippen LogP contribution in [0.1, 0.15) is 43.1 Å². The second-order valence-corrected chi connectivity index (χ2v) is 6.98. The van der Waals surface area contributed by atoms with Crippen LogP contribution in [0.5, 0.6) is 0 Å². The fourth-order valence-electron chi connectivity index (χ4n) is 2.78. The molecule has 1 unspecified atom stereocenters. The molecule has 0 saturated carbocycles. The van der Waals surface area contributed by atoms with Crippen LogP contribution >= 0.6 is 23.2 Å². The van der Waals surface area contributed by atoms with Crippen LogP contribution in [-0.2, 0) is 11.3 Å². The van der Waals surface area contributed by atoms with E-state index in [4.69, 9.17) is 27.9 Å². The average Bonchev–Trinajstić information content (AvgIpc) is 3.25. The molecule has 2 heterocycles. The maximum atomic E-state index is 12.5. The van der Waals surface area contributed by atoms with Crippen molar-refractivity contribution in [1.29, 1.82) is 0 Å². The van der Waals surface area contributed by atoms with Crippen LogP contribution in [-0.4, -0.2) is 38.4 Å². The van der Waals surface area contributed by atoms with Crippen molar-refractivity contribution >= 4 is 51.9 Å². The number of amides is 2. The fraction of sp³-hybridized carbons (Fsp3) is 0.333. The van der Waals surface area contributed by atoms with E-state index in [1.165, 1.54) is 10.9 Å². The summed E-state index contributed by atoms with van der Waals surface area (Å²) in [7, 11) is 0. The molecule has 29 heavy (non-hydrogen) atoms. The molecule has 11 heteroatoms. The van der Waals surface area contributed by atoms with E-state index >= 15 is 0 Å². The number of anilines is 1. The van der Waals surface area contributed by atoms with Crippen molar-refractivity contribution in [2.75, 3.05) is 11.9 Å². The van der Waals surface area contributed by atoms with Crippen LogP contribution < -0.4 is 10.6 Å². The fourth-order valence-corrected chi connectivity index (χ4v) is 3.11. The number of nitrogens with one attached hydrogen (secondary N) is 3. The van der Waals surface area contributed by atoms with Gasteiger partial charge in [-0.25, -0.2) is 14.6 Å². The maximum Gasteiger partial charge on any atom is 0.358 e. The molecule has 0 radical (unpaired) electrons. The summed E-state index contributed by atoms with van der Waals surface area (Å²) in [6.07, 6.45) is 1.41. The molecule has 0 bridgehead atoms. The van der Waals surface area contributed by atoms with Gasteiger partial charge in [-0.3, -0.25) is 4.68 Å². The van der Waals surface area contributed by atoms with E-state index in [9.17, 15) is 9.59 Å². The summed E-state index contributed by atoms with van der Waals surface area (Å²) >= 11 is 12.0. The van der Waals surface area contributed by atoms with Gasteiger partial charge in [0.25, 0.3) is 0 Å². The van der Waals surface area contributed by atoms with Crippen LogP contribution in [0.2, 0.25) is 10.0 Å². The molecule has 2 aromatic heterocycles. The number of hydrogen-bond donors (Lipinski definition) is 3. The molecule has 154 valence electrons. The summed E-state index contributed by atoms with van der Waals surface area (Å²) in [6.45, 7) is 5.98. The van der Waals surface area contributed by atoms with Crippen molar-refractivity contribution < 1.29 is 14.3 Å². The Morgan fingerprint density at radius 1 is 1.28 bits per heavy atom. The van der Waals surface area contributed by atoms with Crippen LogP contribution in [0.25, 0.3) is 11.0 Å². The second-order valence-electron chi connectivity index (χ2n) is 6.17. The highest BCUT2D eigenvalue weighted by atomic mass is 35.5. The first-order chi connectivity index (χ1) is 13.8. The minimum Gasteiger partial charge on any atom is -0.461 e. The summed E-state index contributed by atoms with van der Waals surface area (Å²) in [5, 5.41) is 10.3. The third-order valence-corrected chi connectivity index (χ3v) is 4.88. The third-order valence-electron chi connectivity index (χ3n) is 4.16. The lowest BCUT2D eigenvalue weighted by Gasteiger charge is -2.13. The largest absolute Gasteiger partial charge is 0.461 e. The summed E-state index contributed by atoms with van der Waals surface area (Å²) in [5.74, 6) is -0.0235. The number of imidazole rings is 1. The first kappa shape index (κ1) is 20.9. The maximum absolute atomic E-state index is 12.5. The number of carbonyl (C=O) groups excluding carboxylic acids is 2. The highest BCUT2D eigenvalue weighted by Gasteiger charge is 2.22. The Bertz CT molecular complexity index is 1020. The number of carbonyl (C=O) groups is 2. The van der Waals surface area contributed by atoms with Gasteiger partial charge in [0.1, 0.15) is 5.82 Å². The van der Waals surface area contributed by atoms with Crippen LogP contribution in [0.3, 0.4) is 0 Å². The van der Waals surface area contributed by atoms with Crippen molar-refractivity contribution in [2.45, 2.75) is 33.4 Å². The topological polar surface area (TPSA) is 114 Å². The quantitative estimate of drug-likeness (QED) is 0.500. The van der Waals surface area contributed by atoms with Gasteiger partial charge in [-0.05, 0) is 32.9 Å². The zero-order valence-corrected chi connectivity index (χ0v) is 17.6. The van der Waals surface area contributed by atoms with Gasteiger partial charge in [-0.2, -0.15) is 5.10 Å². The zero-order chi connectivity index (χ0) is 21.1. The molecule has 1 aromatic carbocycles. The Balaban J connectivity index is 1.74. The Labute approximate surface area is 176 Å². The first-order valence-corrected chi connectivity index (χ1v) is 9.74. The number of aromatic nitrogens is 4. The number of aryl methyl sites for hydroxylation is 1. The van der Waals surface area contributed by atoms with E-state index < -0.39 is 18.0 Å². The van der Waals surface area contributed by atoms with Gasteiger partial charge in [0.15, 0.2) is 5.69 Å². The average molecular weight is 439 g/mol. The lowest BCUT2D eigenvalue weighted by atomic mass is 10.3. The standard InChI is InChI=1S/C18H20Cl2N6O3/c1-4-26-15(17(27)29-5-2)14(8-21-26)25-18(28)22-9(3)16-23-12-6-10(19)11(20)7-13(12)24-16/h6-9H,4-5H2,1-3H3,(H,23,24)(H2,22,25,28). The lowest BCUT2D eigenvalue weighted by Crippen LogP contribution is -2.32. The van der Waals surface area contributed by atoms with Gasteiger partial charge in [0, 0.05) is 6.54 Å². The highest BCUT2D eigenvalue weighted by Crippen LogP contribution is 2.27. The molecule has 2 amide bonds. The number of nitrogens with zero attached hydrogens (tertiary/aromatic N) is 3. The Hall–Kier alpha value is -2.78. The Morgan fingerprint density at radius 2 is 2.00 bits per heavy atom. The van der Waals surface area contributed by atoms with Gasteiger partial charge in [-0.1, -0.05) is 23.2 Å². The van der Waals surface area contributed by atoms with Crippen molar-refractivity contribution in [3.63, 3.8) is 0 Å². The van der Waals surface area contributed by atoms with Crippen LogP contribution in [0, 0.1) is 0 Å².